The van der Waals surface area contributed by atoms with Crippen molar-refractivity contribution in [1.29, 1.82) is 0 Å². The number of piperidine rings is 1. The first-order valence-corrected chi connectivity index (χ1v) is 6.18. The molecule has 1 N–H and O–H groups in total. The molecule has 0 aromatic carbocycles. The van der Waals surface area contributed by atoms with Gasteiger partial charge in [0.1, 0.15) is 6.17 Å². The van der Waals surface area contributed by atoms with Gasteiger partial charge in [0.15, 0.2) is 0 Å². The Balaban J connectivity index is 1.87. The summed E-state index contributed by atoms with van der Waals surface area (Å²) in [4.78, 5) is 2.27. The molecule has 2 unspecified atom stereocenters. The molecule has 2 atom stereocenters. The van der Waals surface area contributed by atoms with Crippen LogP contribution in [0.4, 0.5) is 4.39 Å². The van der Waals surface area contributed by atoms with Gasteiger partial charge in [0.05, 0.1) is 0 Å². The van der Waals surface area contributed by atoms with Gasteiger partial charge in [-0.3, -0.25) is 4.90 Å². The van der Waals surface area contributed by atoms with E-state index >= 15 is 0 Å². The Hall–Kier alpha value is -0.150. The van der Waals surface area contributed by atoms with Crippen LogP contribution in [0.3, 0.4) is 0 Å². The fraction of sp³-hybridized carbons (Fsp3) is 1.00. The monoisotopic (exact) mass is 214 g/mol. The molecule has 0 aromatic rings. The third kappa shape index (κ3) is 2.70. The van der Waals surface area contributed by atoms with Crippen LogP contribution in [0.2, 0.25) is 0 Å². The first-order valence-electron chi connectivity index (χ1n) is 6.18. The van der Waals surface area contributed by atoms with E-state index in [4.69, 9.17) is 0 Å². The van der Waals surface area contributed by atoms with Gasteiger partial charge in [-0.15, -0.1) is 0 Å². The van der Waals surface area contributed by atoms with Crippen LogP contribution in [0.5, 0.6) is 0 Å². The van der Waals surface area contributed by atoms with E-state index in [-0.39, 0.29) is 0 Å². The van der Waals surface area contributed by atoms with Crippen LogP contribution >= 0.6 is 0 Å². The molecule has 3 heteroatoms. The summed E-state index contributed by atoms with van der Waals surface area (Å²) >= 11 is 0. The summed E-state index contributed by atoms with van der Waals surface area (Å²) in [5, 5.41) is 3.59. The van der Waals surface area contributed by atoms with Crippen LogP contribution in [-0.4, -0.2) is 43.3 Å². The molecular weight excluding hydrogens is 191 g/mol. The zero-order valence-electron chi connectivity index (χ0n) is 9.93. The lowest BCUT2D eigenvalue weighted by atomic mass is 9.77. The lowest BCUT2D eigenvalue weighted by Gasteiger charge is -2.41. The number of likely N-dealkylation sites (tertiary alicyclic amines) is 1. The third-order valence-electron chi connectivity index (χ3n) is 3.99. The molecule has 2 aliphatic rings. The topological polar surface area (TPSA) is 15.3 Å². The van der Waals surface area contributed by atoms with Crippen molar-refractivity contribution in [2.24, 2.45) is 5.41 Å². The first kappa shape index (κ1) is 11.3. The van der Waals surface area contributed by atoms with Crippen LogP contribution in [0.1, 0.15) is 33.1 Å². The molecule has 2 heterocycles. The van der Waals surface area contributed by atoms with Gasteiger partial charge in [0.25, 0.3) is 0 Å². The van der Waals surface area contributed by atoms with E-state index in [2.05, 4.69) is 24.1 Å². The molecule has 0 aliphatic carbocycles. The Morgan fingerprint density at radius 2 is 2.27 bits per heavy atom. The van der Waals surface area contributed by atoms with Gasteiger partial charge < -0.3 is 5.32 Å². The zero-order chi connectivity index (χ0) is 10.9. The van der Waals surface area contributed by atoms with Gasteiger partial charge in [-0.2, -0.15) is 0 Å². The zero-order valence-corrected chi connectivity index (χ0v) is 9.93. The van der Waals surface area contributed by atoms with Gasteiger partial charge in [-0.25, -0.2) is 4.39 Å². The maximum absolute atomic E-state index is 13.1. The van der Waals surface area contributed by atoms with Crippen LogP contribution in [0.25, 0.3) is 0 Å². The first-order chi connectivity index (χ1) is 7.08. The number of rotatable bonds is 2. The minimum atomic E-state index is -0.586. The van der Waals surface area contributed by atoms with E-state index in [1.807, 2.05) is 0 Å². The largest absolute Gasteiger partial charge is 0.312 e. The molecule has 2 fully saturated rings. The van der Waals surface area contributed by atoms with E-state index in [0.717, 1.165) is 26.1 Å². The Kier molecular flexibility index (Phi) is 3.31. The maximum Gasteiger partial charge on any atom is 0.114 e. The average molecular weight is 214 g/mol. The van der Waals surface area contributed by atoms with E-state index in [9.17, 15) is 4.39 Å². The van der Waals surface area contributed by atoms with Crippen molar-refractivity contribution < 1.29 is 4.39 Å². The van der Waals surface area contributed by atoms with Crippen molar-refractivity contribution >= 4 is 0 Å². The van der Waals surface area contributed by atoms with Gasteiger partial charge in [0, 0.05) is 25.7 Å². The van der Waals surface area contributed by atoms with Crippen molar-refractivity contribution in [3.63, 3.8) is 0 Å². The highest BCUT2D eigenvalue weighted by Gasteiger charge is 2.34. The second-order valence-corrected chi connectivity index (χ2v) is 5.74. The number of hydrogen-bond acceptors (Lipinski definition) is 2. The number of hydrogen-bond donors (Lipinski definition) is 1. The van der Waals surface area contributed by atoms with Crippen molar-refractivity contribution in [3.05, 3.63) is 0 Å². The van der Waals surface area contributed by atoms with Gasteiger partial charge in [0.2, 0.25) is 0 Å². The quantitative estimate of drug-likeness (QED) is 0.754. The smallest absolute Gasteiger partial charge is 0.114 e. The molecule has 15 heavy (non-hydrogen) atoms. The summed E-state index contributed by atoms with van der Waals surface area (Å²) in [6, 6.07) is 0.538. The van der Waals surface area contributed by atoms with Crippen LogP contribution in [0.15, 0.2) is 0 Å². The predicted molar refractivity (Wildman–Crippen MR) is 60.8 cm³/mol. The molecule has 0 aromatic heterocycles. The molecule has 2 aliphatic heterocycles. The van der Waals surface area contributed by atoms with Gasteiger partial charge in [-0.1, -0.05) is 13.8 Å². The van der Waals surface area contributed by atoms with Crippen LogP contribution < -0.4 is 5.32 Å². The molecule has 0 spiro atoms. The standard InChI is InChI=1S/C12H23FN2/c1-12(2)5-3-6-14-11(12)9-15-7-4-10(13)8-15/h10-11,14H,3-9H2,1-2H3. The maximum atomic E-state index is 13.1. The number of nitrogens with zero attached hydrogens (tertiary/aromatic N) is 1. The Labute approximate surface area is 92.2 Å². The Morgan fingerprint density at radius 1 is 1.47 bits per heavy atom. The van der Waals surface area contributed by atoms with E-state index in [0.29, 0.717) is 18.0 Å². The number of alkyl halides is 1. The molecule has 0 saturated carbocycles. The summed E-state index contributed by atoms with van der Waals surface area (Å²) in [6.07, 6.45) is 2.71. The summed E-state index contributed by atoms with van der Waals surface area (Å²) in [7, 11) is 0. The average Bonchev–Trinajstić information content (AvgIpc) is 2.55. The number of halogens is 1. The predicted octanol–water partition coefficient (Wildman–Crippen LogP) is 1.81. The SMILES string of the molecule is CC1(C)CCCNC1CN1CCC(F)C1. The molecule has 0 radical (unpaired) electrons. The van der Waals surface area contributed by atoms with Gasteiger partial charge in [-0.05, 0) is 31.2 Å². The minimum Gasteiger partial charge on any atom is -0.312 e. The lowest BCUT2D eigenvalue weighted by Crippen LogP contribution is -2.52. The van der Waals surface area contributed by atoms with Crippen LogP contribution in [-0.2, 0) is 0 Å². The Bertz CT molecular complexity index is 218. The van der Waals surface area contributed by atoms with Crippen molar-refractivity contribution in [3.8, 4) is 0 Å². The Morgan fingerprint density at radius 3 is 2.87 bits per heavy atom. The normalized spacial score (nSPS) is 37.0. The van der Waals surface area contributed by atoms with E-state index in [1.165, 1.54) is 12.8 Å². The number of nitrogens with one attached hydrogen (secondary N) is 1. The molecule has 0 amide bonds. The molecule has 2 rings (SSSR count). The van der Waals surface area contributed by atoms with Crippen LogP contribution in [0, 0.1) is 5.41 Å². The highest BCUT2D eigenvalue weighted by molar-refractivity contribution is 4.91. The highest BCUT2D eigenvalue weighted by Crippen LogP contribution is 2.31. The van der Waals surface area contributed by atoms with Crippen molar-refractivity contribution in [1.82, 2.24) is 10.2 Å². The summed E-state index contributed by atoms with van der Waals surface area (Å²) in [5.74, 6) is 0. The molecule has 88 valence electrons. The van der Waals surface area contributed by atoms with Crippen molar-refractivity contribution in [2.45, 2.75) is 45.3 Å². The lowest BCUT2D eigenvalue weighted by molar-refractivity contribution is 0.134. The summed E-state index contributed by atoms with van der Waals surface area (Å²) in [6.45, 7) is 8.39. The summed E-state index contributed by atoms with van der Waals surface area (Å²) < 4.78 is 13.1. The fourth-order valence-electron chi connectivity index (χ4n) is 2.79. The molecule has 2 nitrogen and oxygen atoms in total. The molecule has 0 bridgehead atoms. The van der Waals surface area contributed by atoms with E-state index in [1.54, 1.807) is 0 Å². The summed E-state index contributed by atoms with van der Waals surface area (Å²) in [5.41, 5.74) is 0.368. The fourth-order valence-corrected chi connectivity index (χ4v) is 2.79. The van der Waals surface area contributed by atoms with E-state index < -0.39 is 6.17 Å². The van der Waals surface area contributed by atoms with Gasteiger partial charge >= 0.3 is 0 Å². The minimum absolute atomic E-state index is 0.368. The highest BCUT2D eigenvalue weighted by atomic mass is 19.1. The molecule has 2 saturated heterocycles. The second kappa shape index (κ2) is 4.38. The van der Waals surface area contributed by atoms with Crippen molar-refractivity contribution in [2.75, 3.05) is 26.2 Å². The third-order valence-corrected chi connectivity index (χ3v) is 3.99. The molecular formula is C12H23FN2. The second-order valence-electron chi connectivity index (χ2n) is 5.74.